The summed E-state index contributed by atoms with van der Waals surface area (Å²) in [5.74, 6) is -0.0897. The first-order valence-electron chi connectivity index (χ1n) is 6.09. The van der Waals surface area contributed by atoms with Crippen LogP contribution in [-0.2, 0) is 4.79 Å². The maximum Gasteiger partial charge on any atom is 0.242 e. The summed E-state index contributed by atoms with van der Waals surface area (Å²) in [6.45, 7) is 4.06. The predicted molar refractivity (Wildman–Crippen MR) is 67.3 cm³/mol. The average Bonchev–Trinajstić information content (AvgIpc) is 2.21. The van der Waals surface area contributed by atoms with Gasteiger partial charge in [0.1, 0.15) is 5.41 Å². The molecule has 0 atom stereocenters. The fourth-order valence-corrected chi connectivity index (χ4v) is 2.37. The molecule has 1 saturated carbocycles. The van der Waals surface area contributed by atoms with Crippen LogP contribution in [0.4, 0.5) is 0 Å². The van der Waals surface area contributed by atoms with E-state index in [4.69, 9.17) is 5.26 Å². The maximum atomic E-state index is 12.1. The van der Waals surface area contributed by atoms with Gasteiger partial charge in [-0.1, -0.05) is 0 Å². The van der Waals surface area contributed by atoms with Crippen LogP contribution in [0.3, 0.4) is 0 Å². The number of hydrogen-bond donors (Lipinski definition) is 0. The number of nitriles is 1. The van der Waals surface area contributed by atoms with Crippen molar-refractivity contribution in [1.82, 2.24) is 9.80 Å². The monoisotopic (exact) mass is 237 g/mol. The molecule has 0 N–H and O–H groups in total. The molecule has 0 bridgehead atoms. The van der Waals surface area contributed by atoms with Gasteiger partial charge < -0.3 is 9.80 Å². The summed E-state index contributed by atoms with van der Waals surface area (Å²) in [6.07, 6.45) is 3.48. The summed E-state index contributed by atoms with van der Waals surface area (Å²) in [5, 5.41) is 8.98. The minimum absolute atomic E-state index is 0.0897. The SMILES string of the molecule is CN(CC1(N(C)C)CCC1)C(=O)C(C)(C)C#N. The van der Waals surface area contributed by atoms with Gasteiger partial charge in [-0.2, -0.15) is 5.26 Å². The number of amides is 1. The van der Waals surface area contributed by atoms with E-state index in [2.05, 4.69) is 25.1 Å². The summed E-state index contributed by atoms with van der Waals surface area (Å²) in [6, 6.07) is 2.07. The topological polar surface area (TPSA) is 47.3 Å². The third kappa shape index (κ3) is 2.61. The molecule has 1 fully saturated rings. The Labute approximate surface area is 104 Å². The molecule has 0 aromatic rings. The Morgan fingerprint density at radius 2 is 1.88 bits per heavy atom. The van der Waals surface area contributed by atoms with Crippen molar-refractivity contribution in [3.8, 4) is 6.07 Å². The Morgan fingerprint density at radius 3 is 2.18 bits per heavy atom. The van der Waals surface area contributed by atoms with E-state index in [0.29, 0.717) is 6.54 Å². The number of hydrogen-bond acceptors (Lipinski definition) is 3. The van der Waals surface area contributed by atoms with Gasteiger partial charge in [-0.15, -0.1) is 0 Å². The molecule has 0 spiro atoms. The first kappa shape index (κ1) is 14.0. The van der Waals surface area contributed by atoms with Crippen LogP contribution in [0.5, 0.6) is 0 Å². The van der Waals surface area contributed by atoms with Crippen molar-refractivity contribution >= 4 is 5.91 Å². The molecule has 0 saturated heterocycles. The molecule has 4 nitrogen and oxygen atoms in total. The molecule has 1 aliphatic rings. The van der Waals surface area contributed by atoms with E-state index >= 15 is 0 Å². The molecule has 0 aromatic carbocycles. The van der Waals surface area contributed by atoms with E-state index in [1.165, 1.54) is 6.42 Å². The van der Waals surface area contributed by atoms with Crippen LogP contribution in [0.25, 0.3) is 0 Å². The third-order valence-electron chi connectivity index (χ3n) is 3.93. The van der Waals surface area contributed by atoms with Gasteiger partial charge in [0.05, 0.1) is 6.07 Å². The molecule has 0 aromatic heterocycles. The second kappa shape index (κ2) is 4.66. The molecule has 0 radical (unpaired) electrons. The lowest BCUT2D eigenvalue weighted by Crippen LogP contribution is -2.58. The van der Waals surface area contributed by atoms with E-state index in [-0.39, 0.29) is 11.4 Å². The van der Waals surface area contributed by atoms with Crippen LogP contribution < -0.4 is 0 Å². The standard InChI is InChI=1S/C13H23N3O/c1-12(2,9-14)11(17)16(5)10-13(15(3)4)7-6-8-13/h6-8,10H2,1-5H3. The lowest BCUT2D eigenvalue weighted by Gasteiger charge is -2.49. The summed E-state index contributed by atoms with van der Waals surface area (Å²) >= 11 is 0. The Hall–Kier alpha value is -1.08. The number of likely N-dealkylation sites (N-methyl/N-ethyl adjacent to an activating group) is 2. The smallest absolute Gasteiger partial charge is 0.242 e. The second-order valence-electron chi connectivity index (χ2n) is 5.87. The normalized spacial score (nSPS) is 18.4. The van der Waals surface area contributed by atoms with Crippen molar-refractivity contribution in [3.05, 3.63) is 0 Å². The molecule has 96 valence electrons. The molecule has 1 rings (SSSR count). The van der Waals surface area contributed by atoms with Gasteiger partial charge in [0, 0.05) is 19.1 Å². The summed E-state index contributed by atoms with van der Waals surface area (Å²) in [5.41, 5.74) is -0.804. The fraction of sp³-hybridized carbons (Fsp3) is 0.846. The number of rotatable bonds is 4. The largest absolute Gasteiger partial charge is 0.343 e. The summed E-state index contributed by atoms with van der Waals surface area (Å²) in [4.78, 5) is 16.0. The minimum Gasteiger partial charge on any atom is -0.343 e. The molecule has 0 unspecified atom stereocenters. The molecule has 0 heterocycles. The van der Waals surface area contributed by atoms with E-state index < -0.39 is 5.41 Å². The van der Waals surface area contributed by atoms with Gasteiger partial charge in [0.25, 0.3) is 0 Å². The Balaban J connectivity index is 2.70. The summed E-state index contributed by atoms with van der Waals surface area (Å²) in [7, 11) is 5.92. The third-order valence-corrected chi connectivity index (χ3v) is 3.93. The average molecular weight is 237 g/mol. The van der Waals surface area contributed by atoms with Gasteiger partial charge in [-0.05, 0) is 47.2 Å². The fourth-order valence-electron chi connectivity index (χ4n) is 2.37. The molecule has 0 aliphatic heterocycles. The highest BCUT2D eigenvalue weighted by Gasteiger charge is 2.42. The summed E-state index contributed by atoms with van der Waals surface area (Å²) < 4.78 is 0. The van der Waals surface area contributed by atoms with Gasteiger partial charge in [-0.3, -0.25) is 4.79 Å². The van der Waals surface area contributed by atoms with Crippen LogP contribution in [0.1, 0.15) is 33.1 Å². The van der Waals surface area contributed by atoms with Gasteiger partial charge in [-0.25, -0.2) is 0 Å². The zero-order chi connectivity index (χ0) is 13.3. The molecular formula is C13H23N3O. The zero-order valence-electron chi connectivity index (χ0n) is 11.6. The van der Waals surface area contributed by atoms with Crippen molar-refractivity contribution in [3.63, 3.8) is 0 Å². The highest BCUT2D eigenvalue weighted by molar-refractivity contribution is 5.84. The minimum atomic E-state index is -0.925. The van der Waals surface area contributed by atoms with Crippen LogP contribution in [-0.4, -0.2) is 48.9 Å². The first-order valence-corrected chi connectivity index (χ1v) is 6.09. The van der Waals surface area contributed by atoms with Crippen molar-refractivity contribution in [2.75, 3.05) is 27.7 Å². The zero-order valence-corrected chi connectivity index (χ0v) is 11.6. The first-order chi connectivity index (χ1) is 7.75. The van der Waals surface area contributed by atoms with Crippen molar-refractivity contribution in [2.24, 2.45) is 5.41 Å². The Morgan fingerprint density at radius 1 is 1.35 bits per heavy atom. The van der Waals surface area contributed by atoms with Crippen LogP contribution >= 0.6 is 0 Å². The van der Waals surface area contributed by atoms with Crippen molar-refractivity contribution < 1.29 is 4.79 Å². The second-order valence-corrected chi connectivity index (χ2v) is 5.87. The van der Waals surface area contributed by atoms with E-state index in [1.54, 1.807) is 25.8 Å². The number of carbonyl (C=O) groups excluding carboxylic acids is 1. The highest BCUT2D eigenvalue weighted by atomic mass is 16.2. The molecule has 17 heavy (non-hydrogen) atoms. The molecule has 1 amide bonds. The van der Waals surface area contributed by atoms with E-state index in [0.717, 1.165) is 12.8 Å². The number of nitrogens with zero attached hydrogens (tertiary/aromatic N) is 3. The van der Waals surface area contributed by atoms with Crippen LogP contribution in [0, 0.1) is 16.7 Å². The Kier molecular flexibility index (Phi) is 3.83. The van der Waals surface area contributed by atoms with Gasteiger partial charge in [0.15, 0.2) is 0 Å². The number of carbonyl (C=O) groups is 1. The molecule has 4 heteroatoms. The molecule has 1 aliphatic carbocycles. The van der Waals surface area contributed by atoms with Crippen LogP contribution in [0.2, 0.25) is 0 Å². The van der Waals surface area contributed by atoms with Crippen molar-refractivity contribution in [1.29, 1.82) is 5.26 Å². The quantitative estimate of drug-likeness (QED) is 0.744. The van der Waals surface area contributed by atoms with E-state index in [9.17, 15) is 4.79 Å². The van der Waals surface area contributed by atoms with Crippen LogP contribution in [0.15, 0.2) is 0 Å². The molecular weight excluding hydrogens is 214 g/mol. The Bertz CT molecular complexity index is 337. The predicted octanol–water partition coefficient (Wildman–Crippen LogP) is 1.48. The van der Waals surface area contributed by atoms with E-state index in [1.807, 2.05) is 0 Å². The lowest BCUT2D eigenvalue weighted by molar-refractivity contribution is -0.139. The highest BCUT2D eigenvalue weighted by Crippen LogP contribution is 2.37. The van der Waals surface area contributed by atoms with Gasteiger partial charge in [0.2, 0.25) is 5.91 Å². The van der Waals surface area contributed by atoms with Crippen molar-refractivity contribution in [2.45, 2.75) is 38.6 Å². The maximum absolute atomic E-state index is 12.1. The van der Waals surface area contributed by atoms with Gasteiger partial charge >= 0.3 is 0 Å². The lowest BCUT2D eigenvalue weighted by atomic mass is 9.75.